The quantitative estimate of drug-likeness (QED) is 0.665. The maximum absolute atomic E-state index is 12.1. The molecule has 0 aliphatic carbocycles. The molecular weight excluding hydrogens is 310 g/mol. The first-order valence-corrected chi connectivity index (χ1v) is 7.37. The van der Waals surface area contributed by atoms with E-state index in [1.54, 1.807) is 48.0 Å². The van der Waals surface area contributed by atoms with Gasteiger partial charge in [-0.3, -0.25) is 9.69 Å². The number of hydrogen-bond acceptors (Lipinski definition) is 3. The normalized spacial score (nSPS) is 15.9. The van der Waals surface area contributed by atoms with Crippen LogP contribution in [0.25, 0.3) is 11.8 Å². The molecule has 1 aromatic carbocycles. The second-order valence-electron chi connectivity index (χ2n) is 5.19. The van der Waals surface area contributed by atoms with Crippen molar-refractivity contribution in [2.24, 2.45) is 0 Å². The molecule has 0 unspecified atom stereocenters. The number of carbonyl (C=O) groups is 3. The number of imide groups is 1. The first-order chi connectivity index (χ1) is 11.5. The van der Waals surface area contributed by atoms with Gasteiger partial charge in [-0.2, -0.15) is 0 Å². The highest BCUT2D eigenvalue weighted by molar-refractivity contribution is 6.13. The van der Waals surface area contributed by atoms with E-state index in [1.807, 2.05) is 0 Å². The maximum Gasteiger partial charge on any atom is 0.335 e. The highest BCUT2D eigenvalue weighted by Crippen LogP contribution is 2.18. The Morgan fingerprint density at radius 1 is 1.21 bits per heavy atom. The molecule has 7 heteroatoms. The van der Waals surface area contributed by atoms with Gasteiger partial charge in [0.2, 0.25) is 0 Å². The lowest BCUT2D eigenvalue weighted by Gasteiger charge is -2.08. The van der Waals surface area contributed by atoms with Crippen LogP contribution in [0.5, 0.6) is 0 Å². The monoisotopic (exact) mass is 325 g/mol. The Kier molecular flexibility index (Phi) is 3.91. The molecule has 0 spiro atoms. The molecular formula is C17H15N3O4. The van der Waals surface area contributed by atoms with E-state index in [0.29, 0.717) is 12.2 Å². The van der Waals surface area contributed by atoms with E-state index in [9.17, 15) is 14.4 Å². The average Bonchev–Trinajstić information content (AvgIpc) is 3.12. The van der Waals surface area contributed by atoms with Gasteiger partial charge in [0.15, 0.2) is 0 Å². The Balaban J connectivity index is 1.94. The third kappa shape index (κ3) is 2.67. The summed E-state index contributed by atoms with van der Waals surface area (Å²) in [5.41, 5.74) is 1.85. The SMILES string of the molecule is CCN1C(=O)N/C(=C/c2cccn2-c2ccc(C(=O)O)cc2)C1=O. The van der Waals surface area contributed by atoms with Gasteiger partial charge in [-0.15, -0.1) is 0 Å². The van der Waals surface area contributed by atoms with Crippen LogP contribution in [0.4, 0.5) is 4.79 Å². The van der Waals surface area contributed by atoms with Gasteiger partial charge < -0.3 is 15.0 Å². The summed E-state index contributed by atoms with van der Waals surface area (Å²) < 4.78 is 1.80. The fourth-order valence-electron chi connectivity index (χ4n) is 2.52. The molecule has 122 valence electrons. The molecule has 3 amide bonds. The molecule has 1 fully saturated rings. The number of nitrogens with one attached hydrogen (secondary N) is 1. The first kappa shape index (κ1) is 15.5. The number of benzene rings is 1. The van der Waals surface area contributed by atoms with Gasteiger partial charge in [0.25, 0.3) is 5.91 Å². The van der Waals surface area contributed by atoms with Crippen molar-refractivity contribution in [1.82, 2.24) is 14.8 Å². The molecule has 2 heterocycles. The molecule has 1 aromatic heterocycles. The van der Waals surface area contributed by atoms with E-state index in [1.165, 1.54) is 12.1 Å². The molecule has 1 saturated heterocycles. The molecule has 1 aliphatic heterocycles. The minimum atomic E-state index is -0.990. The number of hydrogen-bond donors (Lipinski definition) is 2. The molecule has 2 N–H and O–H groups in total. The molecule has 2 aromatic rings. The predicted molar refractivity (Wildman–Crippen MR) is 86.6 cm³/mol. The predicted octanol–water partition coefficient (Wildman–Crippen LogP) is 2.09. The fraction of sp³-hybridized carbons (Fsp3) is 0.118. The summed E-state index contributed by atoms with van der Waals surface area (Å²) in [7, 11) is 0. The van der Waals surface area contributed by atoms with Crippen molar-refractivity contribution in [3.8, 4) is 5.69 Å². The molecule has 0 radical (unpaired) electrons. The largest absolute Gasteiger partial charge is 0.478 e. The zero-order chi connectivity index (χ0) is 17.3. The molecule has 1 aliphatic rings. The molecule has 7 nitrogen and oxygen atoms in total. The summed E-state index contributed by atoms with van der Waals surface area (Å²) in [5, 5.41) is 11.5. The summed E-state index contributed by atoms with van der Waals surface area (Å²) >= 11 is 0. The molecule has 0 saturated carbocycles. The summed E-state index contributed by atoms with van der Waals surface area (Å²) in [6.45, 7) is 2.03. The van der Waals surface area contributed by atoms with Gasteiger partial charge >= 0.3 is 12.0 Å². The van der Waals surface area contributed by atoms with Crippen LogP contribution in [0.2, 0.25) is 0 Å². The van der Waals surface area contributed by atoms with Gasteiger partial charge in [-0.1, -0.05) is 0 Å². The van der Waals surface area contributed by atoms with Gasteiger partial charge in [0.05, 0.1) is 5.56 Å². The van der Waals surface area contributed by atoms with Crippen LogP contribution >= 0.6 is 0 Å². The van der Waals surface area contributed by atoms with E-state index in [4.69, 9.17) is 5.11 Å². The molecule has 0 bridgehead atoms. The zero-order valence-electron chi connectivity index (χ0n) is 12.9. The lowest BCUT2D eigenvalue weighted by Crippen LogP contribution is -2.30. The van der Waals surface area contributed by atoms with Crippen molar-refractivity contribution in [3.05, 3.63) is 59.5 Å². The van der Waals surface area contributed by atoms with Crippen molar-refractivity contribution in [2.75, 3.05) is 6.54 Å². The number of amides is 3. The van der Waals surface area contributed by atoms with E-state index >= 15 is 0 Å². The van der Waals surface area contributed by atoms with Crippen LogP contribution in [0.15, 0.2) is 48.3 Å². The number of urea groups is 1. The third-order valence-corrected chi connectivity index (χ3v) is 3.74. The van der Waals surface area contributed by atoms with Crippen LogP contribution in [0, 0.1) is 0 Å². The van der Waals surface area contributed by atoms with E-state index in [2.05, 4.69) is 5.32 Å². The topological polar surface area (TPSA) is 91.6 Å². The summed E-state index contributed by atoms with van der Waals surface area (Å²) in [6, 6.07) is 9.55. The van der Waals surface area contributed by atoms with Crippen molar-refractivity contribution in [1.29, 1.82) is 0 Å². The van der Waals surface area contributed by atoms with Crippen molar-refractivity contribution in [3.63, 3.8) is 0 Å². The van der Waals surface area contributed by atoms with Crippen molar-refractivity contribution < 1.29 is 19.5 Å². The highest BCUT2D eigenvalue weighted by Gasteiger charge is 2.32. The van der Waals surface area contributed by atoms with Gasteiger partial charge in [0.1, 0.15) is 5.70 Å². The first-order valence-electron chi connectivity index (χ1n) is 7.37. The minimum Gasteiger partial charge on any atom is -0.478 e. The lowest BCUT2D eigenvalue weighted by molar-refractivity contribution is -0.122. The number of likely N-dealkylation sites (N-methyl/N-ethyl adjacent to an activating group) is 1. The summed E-state index contributed by atoms with van der Waals surface area (Å²) in [6.07, 6.45) is 3.39. The Morgan fingerprint density at radius 2 is 1.92 bits per heavy atom. The Morgan fingerprint density at radius 3 is 2.50 bits per heavy atom. The van der Waals surface area contributed by atoms with Gasteiger partial charge in [-0.25, -0.2) is 9.59 Å². The standard InChI is InChI=1S/C17H15N3O4/c1-2-19-15(21)14(18-17(19)24)10-13-4-3-9-20(13)12-7-5-11(6-8-12)16(22)23/h3-10H,2H2,1H3,(H,18,24)(H,22,23)/b14-10+. The van der Waals surface area contributed by atoms with E-state index in [0.717, 1.165) is 10.6 Å². The highest BCUT2D eigenvalue weighted by atomic mass is 16.4. The number of nitrogens with zero attached hydrogens (tertiary/aromatic N) is 2. The lowest BCUT2D eigenvalue weighted by atomic mass is 10.2. The van der Waals surface area contributed by atoms with Crippen LogP contribution in [0.1, 0.15) is 23.0 Å². The fourth-order valence-corrected chi connectivity index (χ4v) is 2.52. The number of aromatic carboxylic acids is 1. The van der Waals surface area contributed by atoms with Crippen LogP contribution in [0.3, 0.4) is 0 Å². The molecule has 0 atom stereocenters. The number of aromatic nitrogens is 1. The minimum absolute atomic E-state index is 0.197. The Bertz CT molecular complexity index is 849. The molecule has 3 rings (SSSR count). The second-order valence-corrected chi connectivity index (χ2v) is 5.19. The molecule has 24 heavy (non-hydrogen) atoms. The number of carboxylic acids is 1. The maximum atomic E-state index is 12.1. The van der Waals surface area contributed by atoms with Gasteiger partial charge in [0, 0.05) is 24.1 Å². The summed E-state index contributed by atoms with van der Waals surface area (Å²) in [4.78, 5) is 35.9. The van der Waals surface area contributed by atoms with Crippen molar-refractivity contribution in [2.45, 2.75) is 6.92 Å². The van der Waals surface area contributed by atoms with Gasteiger partial charge in [-0.05, 0) is 49.4 Å². The summed E-state index contributed by atoms with van der Waals surface area (Å²) in [5.74, 6) is -1.35. The number of rotatable bonds is 4. The zero-order valence-corrected chi connectivity index (χ0v) is 12.9. The number of carbonyl (C=O) groups excluding carboxylic acids is 2. The Labute approximate surface area is 137 Å². The third-order valence-electron chi connectivity index (χ3n) is 3.74. The number of carboxylic acid groups (broad SMARTS) is 1. The van der Waals surface area contributed by atoms with Crippen LogP contribution in [-0.2, 0) is 4.79 Å². The van der Waals surface area contributed by atoms with E-state index in [-0.39, 0.29) is 17.2 Å². The van der Waals surface area contributed by atoms with Crippen molar-refractivity contribution >= 4 is 24.0 Å². The van der Waals surface area contributed by atoms with Crippen LogP contribution in [-0.4, -0.2) is 39.0 Å². The second kappa shape index (κ2) is 6.04. The Hall–Kier alpha value is -3.35. The average molecular weight is 325 g/mol. The van der Waals surface area contributed by atoms with E-state index < -0.39 is 12.0 Å². The van der Waals surface area contributed by atoms with Crippen LogP contribution < -0.4 is 5.32 Å². The smallest absolute Gasteiger partial charge is 0.335 e.